The Morgan fingerprint density at radius 3 is 2.64 bits per heavy atom. The number of fused-ring (bicyclic) bond motifs is 2. The molecule has 0 spiro atoms. The van der Waals surface area contributed by atoms with Crippen LogP contribution in [0.15, 0.2) is 71.3 Å². The zero-order chi connectivity index (χ0) is 19.1. The van der Waals surface area contributed by atoms with Crippen LogP contribution >= 0.6 is 27.5 Å². The minimum atomic E-state index is 0.633. The summed E-state index contributed by atoms with van der Waals surface area (Å²) in [5.41, 5.74) is 3.62. The summed E-state index contributed by atoms with van der Waals surface area (Å²) >= 11 is 9.67. The van der Waals surface area contributed by atoms with Gasteiger partial charge in [0.15, 0.2) is 5.82 Å². The molecule has 2 heterocycles. The number of aromatic nitrogens is 4. The average molecular weight is 451 g/mol. The van der Waals surface area contributed by atoms with Crippen LogP contribution in [0.2, 0.25) is 5.02 Å². The molecule has 2 aromatic heterocycles. The van der Waals surface area contributed by atoms with Crippen molar-refractivity contribution in [2.45, 2.75) is 0 Å². The second kappa shape index (κ2) is 6.89. The number of benzene rings is 3. The minimum absolute atomic E-state index is 0.633. The molecule has 0 saturated heterocycles. The summed E-state index contributed by atoms with van der Waals surface area (Å²) in [5, 5.41) is 13.0. The van der Waals surface area contributed by atoms with E-state index in [1.165, 1.54) is 0 Å². The van der Waals surface area contributed by atoms with E-state index in [4.69, 9.17) is 21.6 Å². The highest BCUT2D eigenvalue weighted by molar-refractivity contribution is 9.10. The zero-order valence-electron chi connectivity index (χ0n) is 14.4. The topological polar surface area (TPSA) is 66.5 Å². The molecule has 0 aliphatic carbocycles. The van der Waals surface area contributed by atoms with Crippen LogP contribution < -0.4 is 5.32 Å². The number of nitrogens with zero attached hydrogens (tertiary/aromatic N) is 3. The molecule has 5 rings (SSSR count). The molecule has 136 valence electrons. The van der Waals surface area contributed by atoms with Gasteiger partial charge in [0.05, 0.1) is 17.2 Å². The summed E-state index contributed by atoms with van der Waals surface area (Å²) in [7, 11) is 0. The van der Waals surface area contributed by atoms with Gasteiger partial charge in [-0.1, -0.05) is 39.7 Å². The first-order valence-corrected chi connectivity index (χ1v) is 9.76. The molecule has 7 heteroatoms. The van der Waals surface area contributed by atoms with Gasteiger partial charge in [-0.05, 0) is 48.5 Å². The monoisotopic (exact) mass is 449 g/mol. The maximum Gasteiger partial charge on any atom is 0.162 e. The van der Waals surface area contributed by atoms with E-state index in [9.17, 15) is 0 Å². The third-order valence-electron chi connectivity index (χ3n) is 4.46. The lowest BCUT2D eigenvalue weighted by Gasteiger charge is -2.12. The molecule has 0 atom stereocenters. The Kier molecular flexibility index (Phi) is 4.22. The van der Waals surface area contributed by atoms with Crippen molar-refractivity contribution in [3.8, 4) is 11.4 Å². The van der Waals surface area contributed by atoms with Crippen molar-refractivity contribution in [3.63, 3.8) is 0 Å². The van der Waals surface area contributed by atoms with Crippen LogP contribution in [0.3, 0.4) is 0 Å². The number of H-pyrrole nitrogens is 1. The van der Waals surface area contributed by atoms with Crippen molar-refractivity contribution >= 4 is 60.8 Å². The number of rotatable bonds is 3. The van der Waals surface area contributed by atoms with Crippen LogP contribution in [-0.4, -0.2) is 20.2 Å². The van der Waals surface area contributed by atoms with E-state index in [0.717, 1.165) is 43.3 Å². The number of hydrogen-bond acceptors (Lipinski definition) is 4. The van der Waals surface area contributed by atoms with Crippen LogP contribution in [0.25, 0.3) is 33.2 Å². The lowest BCUT2D eigenvalue weighted by Crippen LogP contribution is -1.99. The quantitative estimate of drug-likeness (QED) is 0.337. The average Bonchev–Trinajstić information content (AvgIpc) is 3.16. The van der Waals surface area contributed by atoms with Crippen molar-refractivity contribution in [3.05, 3.63) is 76.4 Å². The van der Waals surface area contributed by atoms with Gasteiger partial charge in [-0.2, -0.15) is 5.10 Å². The lowest BCUT2D eigenvalue weighted by atomic mass is 10.1. The highest BCUT2D eigenvalue weighted by atomic mass is 79.9. The van der Waals surface area contributed by atoms with Gasteiger partial charge in [0, 0.05) is 31.5 Å². The number of hydrogen-bond donors (Lipinski definition) is 2. The van der Waals surface area contributed by atoms with E-state index in [0.29, 0.717) is 10.8 Å². The fourth-order valence-electron chi connectivity index (χ4n) is 3.08. The van der Waals surface area contributed by atoms with E-state index < -0.39 is 0 Å². The molecule has 0 radical (unpaired) electrons. The van der Waals surface area contributed by atoms with Gasteiger partial charge in [0.2, 0.25) is 0 Å². The first-order chi connectivity index (χ1) is 13.7. The molecule has 0 saturated carbocycles. The van der Waals surface area contributed by atoms with Crippen molar-refractivity contribution in [1.82, 2.24) is 20.2 Å². The van der Waals surface area contributed by atoms with Crippen LogP contribution in [0.4, 0.5) is 11.5 Å². The van der Waals surface area contributed by atoms with E-state index in [1.807, 2.05) is 60.7 Å². The maximum absolute atomic E-state index is 6.21. The Morgan fingerprint density at radius 2 is 1.79 bits per heavy atom. The van der Waals surface area contributed by atoms with E-state index in [2.05, 4.69) is 31.4 Å². The third-order valence-corrected chi connectivity index (χ3v) is 5.23. The Morgan fingerprint density at radius 1 is 0.929 bits per heavy atom. The number of nitrogens with one attached hydrogen (secondary N) is 2. The molecule has 0 amide bonds. The number of aromatic amines is 1. The predicted octanol–water partition coefficient (Wildman–Crippen LogP) is 6.33. The molecule has 0 aliphatic rings. The number of halogens is 2. The second-order valence-electron chi connectivity index (χ2n) is 6.36. The fourth-order valence-corrected chi connectivity index (χ4v) is 3.51. The molecule has 0 bridgehead atoms. The molecule has 5 nitrogen and oxygen atoms in total. The summed E-state index contributed by atoms with van der Waals surface area (Å²) < 4.78 is 1.01. The minimum Gasteiger partial charge on any atom is -0.340 e. The standard InChI is InChI=1S/C21H13BrClN5/c22-14-3-1-12(2-4-14)20-26-19-10-15(23)5-7-17(19)21(27-20)25-16-6-8-18-13(9-16)11-24-28-18/h1-11H,(H,24,28)(H,25,26,27). The molecule has 2 N–H and O–H groups in total. The van der Waals surface area contributed by atoms with Gasteiger partial charge >= 0.3 is 0 Å². The third kappa shape index (κ3) is 3.21. The van der Waals surface area contributed by atoms with E-state index in [1.54, 1.807) is 6.20 Å². The molecule has 3 aromatic carbocycles. The maximum atomic E-state index is 6.21. The van der Waals surface area contributed by atoms with Crippen molar-refractivity contribution < 1.29 is 0 Å². The van der Waals surface area contributed by atoms with Crippen molar-refractivity contribution in [1.29, 1.82) is 0 Å². The second-order valence-corrected chi connectivity index (χ2v) is 7.71. The molecular weight excluding hydrogens is 438 g/mol. The first kappa shape index (κ1) is 17.2. The summed E-state index contributed by atoms with van der Waals surface area (Å²) in [6.45, 7) is 0. The van der Waals surface area contributed by atoms with E-state index >= 15 is 0 Å². The van der Waals surface area contributed by atoms with Crippen LogP contribution in [-0.2, 0) is 0 Å². The SMILES string of the molecule is Clc1ccc2c(Nc3ccc4[nH]ncc4c3)nc(-c3ccc(Br)cc3)nc2c1. The number of anilines is 2. The summed E-state index contributed by atoms with van der Waals surface area (Å²) in [6.07, 6.45) is 1.80. The Hall–Kier alpha value is -2.96. The highest BCUT2D eigenvalue weighted by Gasteiger charge is 2.11. The first-order valence-electron chi connectivity index (χ1n) is 8.59. The summed E-state index contributed by atoms with van der Waals surface area (Å²) in [5.74, 6) is 1.36. The van der Waals surface area contributed by atoms with Gasteiger partial charge in [-0.15, -0.1) is 0 Å². The van der Waals surface area contributed by atoms with Crippen LogP contribution in [0.1, 0.15) is 0 Å². The molecule has 28 heavy (non-hydrogen) atoms. The smallest absolute Gasteiger partial charge is 0.162 e. The predicted molar refractivity (Wildman–Crippen MR) is 117 cm³/mol. The van der Waals surface area contributed by atoms with E-state index in [-0.39, 0.29) is 0 Å². The fraction of sp³-hybridized carbons (Fsp3) is 0. The van der Waals surface area contributed by atoms with Crippen LogP contribution in [0.5, 0.6) is 0 Å². The molecule has 0 aliphatic heterocycles. The zero-order valence-corrected chi connectivity index (χ0v) is 16.8. The molecular formula is C21H13BrClN5. The van der Waals surface area contributed by atoms with Crippen molar-refractivity contribution in [2.75, 3.05) is 5.32 Å². The summed E-state index contributed by atoms with van der Waals surface area (Å²) in [6, 6.07) is 19.5. The molecule has 0 fully saturated rings. The van der Waals surface area contributed by atoms with Gasteiger partial charge in [0.25, 0.3) is 0 Å². The molecule has 0 unspecified atom stereocenters. The Bertz CT molecular complexity index is 1310. The molecule has 5 aromatic rings. The van der Waals surface area contributed by atoms with Gasteiger partial charge in [-0.25, -0.2) is 9.97 Å². The lowest BCUT2D eigenvalue weighted by molar-refractivity contribution is 1.12. The summed E-state index contributed by atoms with van der Waals surface area (Å²) in [4.78, 5) is 9.50. The van der Waals surface area contributed by atoms with Gasteiger partial charge in [-0.3, -0.25) is 5.10 Å². The Labute approximate surface area is 173 Å². The largest absolute Gasteiger partial charge is 0.340 e. The Balaban J connectivity index is 1.65. The van der Waals surface area contributed by atoms with Gasteiger partial charge in [0.1, 0.15) is 5.82 Å². The highest BCUT2D eigenvalue weighted by Crippen LogP contribution is 2.30. The van der Waals surface area contributed by atoms with Gasteiger partial charge < -0.3 is 5.32 Å². The van der Waals surface area contributed by atoms with Crippen molar-refractivity contribution in [2.24, 2.45) is 0 Å². The normalized spacial score (nSPS) is 11.2. The van der Waals surface area contributed by atoms with Crippen LogP contribution in [0, 0.1) is 0 Å².